The molecule has 0 amide bonds. The standard InChI is InChI=1S/C9H10O9.2Ca.2Na.6H/c10-5(11)1-3-7(14)17-9(16)18-8(15)4-2-6(12)13;;;;;;;;;;/h1-4H2,(H,10,11)(H,12,13);;;;;;;;;;/q;2*+2;2*+1;6*-1. The average Bonchev–Trinajstić information content (AvgIpc) is 2.23. The fourth-order valence-corrected chi connectivity index (χ4v) is 0.727. The zero-order valence-corrected chi connectivity index (χ0v) is 20.9. The number of aliphatic carboxylic acids is 2. The van der Waals surface area contributed by atoms with E-state index in [2.05, 4.69) is 9.47 Å². The van der Waals surface area contributed by atoms with Crippen LogP contribution in [0.3, 0.4) is 0 Å². The maximum atomic E-state index is 10.8. The van der Waals surface area contributed by atoms with E-state index in [-0.39, 0.29) is 143 Å². The molecule has 22 heavy (non-hydrogen) atoms. The molecule has 0 heterocycles. The minimum Gasteiger partial charge on any atom is -1.00 e. The molecule has 112 valence electrons. The molecule has 9 nitrogen and oxygen atoms in total. The van der Waals surface area contributed by atoms with Crippen LogP contribution < -0.4 is 59.1 Å². The number of carbonyl (C=O) groups excluding carboxylic acids is 3. The van der Waals surface area contributed by atoms with Crippen molar-refractivity contribution in [1.29, 1.82) is 0 Å². The van der Waals surface area contributed by atoms with E-state index in [0.717, 1.165) is 0 Å². The quantitative estimate of drug-likeness (QED) is 0.255. The normalized spacial score (nSPS) is 7.64. The van der Waals surface area contributed by atoms with Crippen LogP contribution >= 0.6 is 0 Å². The molecule has 0 aromatic heterocycles. The number of ether oxygens (including phenoxy) is 2. The van der Waals surface area contributed by atoms with E-state index in [0.29, 0.717) is 0 Å². The zero-order valence-electron chi connectivity index (χ0n) is 18.5. The van der Waals surface area contributed by atoms with Gasteiger partial charge in [-0.05, 0) is 0 Å². The van der Waals surface area contributed by atoms with Gasteiger partial charge in [0.05, 0.1) is 25.7 Å². The van der Waals surface area contributed by atoms with Gasteiger partial charge in [0.1, 0.15) is 0 Å². The molecule has 0 aromatic rings. The van der Waals surface area contributed by atoms with Crippen molar-refractivity contribution >= 4 is 106 Å². The minimum atomic E-state index is -1.61. The Morgan fingerprint density at radius 2 is 0.955 bits per heavy atom. The van der Waals surface area contributed by atoms with Gasteiger partial charge in [-0.25, -0.2) is 4.79 Å². The van der Waals surface area contributed by atoms with Crippen molar-refractivity contribution in [3.63, 3.8) is 0 Å². The van der Waals surface area contributed by atoms with Crippen LogP contribution in [-0.2, 0) is 28.7 Å². The Morgan fingerprint density at radius 1 is 0.682 bits per heavy atom. The van der Waals surface area contributed by atoms with E-state index < -0.39 is 55.7 Å². The van der Waals surface area contributed by atoms with Crippen LogP contribution in [0.25, 0.3) is 0 Å². The van der Waals surface area contributed by atoms with E-state index in [9.17, 15) is 24.0 Å². The fourth-order valence-electron chi connectivity index (χ4n) is 0.727. The first-order valence-electron chi connectivity index (χ1n) is 4.70. The first-order chi connectivity index (χ1) is 8.31. The number of rotatable bonds is 6. The van der Waals surface area contributed by atoms with E-state index in [1.165, 1.54) is 0 Å². The number of hydrogen-bond acceptors (Lipinski definition) is 7. The number of hydrogen-bond donors (Lipinski definition) is 2. The molecule has 0 fully saturated rings. The van der Waals surface area contributed by atoms with Crippen molar-refractivity contribution in [2.24, 2.45) is 0 Å². The summed E-state index contributed by atoms with van der Waals surface area (Å²) in [6, 6.07) is 0. The number of esters is 2. The summed E-state index contributed by atoms with van der Waals surface area (Å²) in [6.07, 6.45) is -3.76. The molecule has 0 saturated carbocycles. The van der Waals surface area contributed by atoms with Crippen LogP contribution in [0.4, 0.5) is 4.79 Å². The molecule has 13 heteroatoms. The van der Waals surface area contributed by atoms with Gasteiger partial charge in [-0.1, -0.05) is 0 Å². The molecule has 0 aliphatic heterocycles. The molecule has 0 unspecified atom stereocenters. The second kappa shape index (κ2) is 21.1. The van der Waals surface area contributed by atoms with Crippen LogP contribution in [0.5, 0.6) is 0 Å². The number of carboxylic acid groups (broad SMARTS) is 2. The number of carboxylic acids is 2. The van der Waals surface area contributed by atoms with Gasteiger partial charge >= 0.3 is 165 Å². The summed E-state index contributed by atoms with van der Waals surface area (Å²) in [7, 11) is 0. The molecule has 0 bridgehead atoms. The van der Waals surface area contributed by atoms with Gasteiger partial charge in [0.25, 0.3) is 0 Å². The summed E-state index contributed by atoms with van der Waals surface area (Å²) in [4.78, 5) is 52.6. The number of carbonyl (C=O) groups is 5. The van der Waals surface area contributed by atoms with Crippen LogP contribution in [0, 0.1) is 0 Å². The predicted octanol–water partition coefficient (Wildman–Crippen LogP) is -6.16. The van der Waals surface area contributed by atoms with Crippen LogP contribution in [-0.4, -0.2) is 116 Å². The summed E-state index contributed by atoms with van der Waals surface area (Å²) >= 11 is 0. The molecule has 0 aromatic carbocycles. The van der Waals surface area contributed by atoms with Crippen molar-refractivity contribution in [1.82, 2.24) is 0 Å². The monoisotopic (exact) mass is 394 g/mol. The molecule has 0 rings (SSSR count). The van der Waals surface area contributed by atoms with Gasteiger partial charge < -0.3 is 28.2 Å². The SMILES string of the molecule is O=C(O)CCC(=O)OC(=O)OC(=O)CCC(=O)O.[Ca+2].[Ca+2].[H-].[H-].[H-].[H-].[H-].[H-].[Na+].[Na+]. The summed E-state index contributed by atoms with van der Waals surface area (Å²) < 4.78 is 7.89. The largest absolute Gasteiger partial charge is 2.00 e. The third-order valence-corrected chi connectivity index (χ3v) is 1.48. The summed E-state index contributed by atoms with van der Waals surface area (Å²) in [6.45, 7) is 0. The van der Waals surface area contributed by atoms with Crippen LogP contribution in [0.1, 0.15) is 34.2 Å². The molecule has 2 N–H and O–H groups in total. The topological polar surface area (TPSA) is 144 Å². The Morgan fingerprint density at radius 3 is 1.18 bits per heavy atom. The molecule has 0 atom stereocenters. The fraction of sp³-hybridized carbons (Fsp3) is 0.444. The van der Waals surface area contributed by atoms with Crippen LogP contribution in [0.15, 0.2) is 0 Å². The smallest absolute Gasteiger partial charge is 1.00 e. The Hall–Kier alpha value is 2.07. The third kappa shape index (κ3) is 24.3. The van der Waals surface area contributed by atoms with Crippen LogP contribution in [0.2, 0.25) is 0 Å². The molecule has 0 aliphatic rings. The van der Waals surface area contributed by atoms with Gasteiger partial charge in [-0.2, -0.15) is 0 Å². The van der Waals surface area contributed by atoms with E-state index in [1.807, 2.05) is 0 Å². The second-order valence-corrected chi connectivity index (χ2v) is 2.99. The van der Waals surface area contributed by atoms with Gasteiger partial charge in [0, 0.05) is 0 Å². The Labute approximate surface area is 238 Å². The van der Waals surface area contributed by atoms with Crippen molar-refractivity contribution in [3.8, 4) is 0 Å². The van der Waals surface area contributed by atoms with Gasteiger partial charge in [-0.15, -0.1) is 0 Å². The average molecular weight is 394 g/mol. The van der Waals surface area contributed by atoms with Crippen molar-refractivity contribution in [2.75, 3.05) is 0 Å². The molecular weight excluding hydrogens is 378 g/mol. The summed E-state index contributed by atoms with van der Waals surface area (Å²) in [5, 5.41) is 16.5. The van der Waals surface area contributed by atoms with Gasteiger partial charge in [0.15, 0.2) is 0 Å². The van der Waals surface area contributed by atoms with Gasteiger partial charge in [-0.3, -0.25) is 19.2 Å². The van der Waals surface area contributed by atoms with E-state index >= 15 is 0 Å². The first-order valence-corrected chi connectivity index (χ1v) is 4.70. The second-order valence-electron chi connectivity index (χ2n) is 2.99. The Bertz CT molecular complexity index is 376. The Kier molecular flexibility index (Phi) is 33.8. The third-order valence-electron chi connectivity index (χ3n) is 1.48. The molecule has 0 spiro atoms. The van der Waals surface area contributed by atoms with Gasteiger partial charge in [0.2, 0.25) is 0 Å². The summed E-state index contributed by atoms with van der Waals surface area (Å²) in [5.74, 6) is -4.82. The Balaban J connectivity index is -0.0000000321. The molecular formula is C9H16Ca2Na2O9. The van der Waals surface area contributed by atoms with Crippen molar-refractivity contribution in [3.05, 3.63) is 0 Å². The molecule has 0 aliphatic carbocycles. The van der Waals surface area contributed by atoms with E-state index in [4.69, 9.17) is 10.2 Å². The maximum Gasteiger partial charge on any atom is 2.00 e. The zero-order chi connectivity index (χ0) is 14.1. The van der Waals surface area contributed by atoms with Crippen molar-refractivity contribution < 1.29 is 111 Å². The predicted molar refractivity (Wildman–Crippen MR) is 69.5 cm³/mol. The maximum absolute atomic E-state index is 10.8. The minimum absolute atomic E-state index is 0. The van der Waals surface area contributed by atoms with Crippen molar-refractivity contribution in [2.45, 2.75) is 25.7 Å². The molecule has 0 radical (unpaired) electrons. The summed E-state index contributed by atoms with van der Waals surface area (Å²) in [5.41, 5.74) is 0. The molecule has 0 saturated heterocycles. The van der Waals surface area contributed by atoms with E-state index in [1.54, 1.807) is 0 Å². The first kappa shape index (κ1) is 35.2.